The van der Waals surface area contributed by atoms with E-state index >= 15 is 0 Å². The SMILES string of the molecule is C[N+]1(CCOCCOCCOCCOCCOCCOCCOCCOCC[N+]2(C)CCCC2)CCCC1. The lowest BCUT2D eigenvalue weighted by Crippen LogP contribution is -2.43. The van der Waals surface area contributed by atoms with Crippen molar-refractivity contribution in [2.45, 2.75) is 25.7 Å². The minimum Gasteiger partial charge on any atom is -0.377 e. The zero-order chi connectivity index (χ0) is 27.0. The van der Waals surface area contributed by atoms with Gasteiger partial charge >= 0.3 is 0 Å². The standard InChI is InChI=1S/C28H58N2O8/c1-29(7-3-4-8-29)11-13-31-15-17-33-19-21-35-23-25-37-27-28-38-26-24-36-22-20-34-18-16-32-14-12-30(2)9-5-6-10-30/h3-28H2,1-2H3/q+2. The first-order chi connectivity index (χ1) is 18.6. The Morgan fingerprint density at radius 2 is 0.500 bits per heavy atom. The number of hydrogen-bond acceptors (Lipinski definition) is 8. The Labute approximate surface area is 231 Å². The molecule has 0 radical (unpaired) electrons. The predicted octanol–water partition coefficient (Wildman–Crippen LogP) is 1.60. The molecule has 0 aromatic heterocycles. The van der Waals surface area contributed by atoms with Crippen molar-refractivity contribution < 1.29 is 46.9 Å². The average Bonchev–Trinajstić information content (AvgIpc) is 3.55. The summed E-state index contributed by atoms with van der Waals surface area (Å²) >= 11 is 0. The summed E-state index contributed by atoms with van der Waals surface area (Å²) in [5, 5.41) is 0. The maximum Gasteiger partial charge on any atom is 0.102 e. The van der Waals surface area contributed by atoms with Gasteiger partial charge in [0.15, 0.2) is 0 Å². The van der Waals surface area contributed by atoms with Crippen molar-refractivity contribution in [3.63, 3.8) is 0 Å². The zero-order valence-electron chi connectivity index (χ0n) is 24.5. The quantitative estimate of drug-likeness (QED) is 0.113. The van der Waals surface area contributed by atoms with Gasteiger partial charge in [-0.1, -0.05) is 0 Å². The summed E-state index contributed by atoms with van der Waals surface area (Å²) in [4.78, 5) is 0. The minimum atomic E-state index is 0.552. The van der Waals surface area contributed by atoms with Crippen LogP contribution in [0.25, 0.3) is 0 Å². The summed E-state index contributed by atoms with van der Waals surface area (Å²) in [5.74, 6) is 0. The molecule has 2 aliphatic heterocycles. The van der Waals surface area contributed by atoms with Crippen molar-refractivity contribution in [3.05, 3.63) is 0 Å². The van der Waals surface area contributed by atoms with Crippen molar-refractivity contribution >= 4 is 0 Å². The van der Waals surface area contributed by atoms with Crippen LogP contribution in [0.15, 0.2) is 0 Å². The van der Waals surface area contributed by atoms with Gasteiger partial charge in [0, 0.05) is 25.7 Å². The van der Waals surface area contributed by atoms with Gasteiger partial charge in [-0.15, -0.1) is 0 Å². The van der Waals surface area contributed by atoms with Gasteiger partial charge in [0.25, 0.3) is 0 Å². The molecule has 0 bridgehead atoms. The monoisotopic (exact) mass is 550 g/mol. The Balaban J connectivity index is 1.16. The van der Waals surface area contributed by atoms with Crippen molar-refractivity contribution in [3.8, 4) is 0 Å². The number of nitrogens with zero attached hydrogens (tertiary/aromatic N) is 2. The second kappa shape index (κ2) is 22.3. The summed E-state index contributed by atoms with van der Waals surface area (Å²) < 4.78 is 46.8. The van der Waals surface area contributed by atoms with Crippen LogP contribution in [0, 0.1) is 0 Å². The third-order valence-electron chi connectivity index (χ3n) is 7.45. The smallest absolute Gasteiger partial charge is 0.102 e. The first-order valence-electron chi connectivity index (χ1n) is 14.9. The molecule has 10 nitrogen and oxygen atoms in total. The van der Waals surface area contributed by atoms with Gasteiger partial charge in [-0.2, -0.15) is 0 Å². The highest BCUT2D eigenvalue weighted by molar-refractivity contribution is 4.52. The number of quaternary nitrogens is 2. The normalized spacial score (nSPS) is 18.5. The molecule has 0 aromatic rings. The summed E-state index contributed by atoms with van der Waals surface area (Å²) in [5.41, 5.74) is 0. The summed E-state index contributed by atoms with van der Waals surface area (Å²) in [7, 11) is 4.65. The predicted molar refractivity (Wildman–Crippen MR) is 147 cm³/mol. The van der Waals surface area contributed by atoms with Crippen LogP contribution in [0.3, 0.4) is 0 Å². The van der Waals surface area contributed by atoms with E-state index in [1.165, 1.54) is 51.9 Å². The highest BCUT2D eigenvalue weighted by Gasteiger charge is 2.26. The van der Waals surface area contributed by atoms with Crippen LogP contribution in [0.5, 0.6) is 0 Å². The van der Waals surface area contributed by atoms with E-state index in [0.29, 0.717) is 92.5 Å². The number of hydrogen-bond donors (Lipinski definition) is 0. The third kappa shape index (κ3) is 18.0. The molecule has 10 heteroatoms. The zero-order valence-corrected chi connectivity index (χ0v) is 24.5. The van der Waals surface area contributed by atoms with Crippen LogP contribution in [-0.2, 0) is 37.9 Å². The van der Waals surface area contributed by atoms with Crippen LogP contribution >= 0.6 is 0 Å². The van der Waals surface area contributed by atoms with Gasteiger partial charge in [0.05, 0.1) is 146 Å². The maximum atomic E-state index is 5.69. The third-order valence-corrected chi connectivity index (χ3v) is 7.45. The highest BCUT2D eigenvalue weighted by Crippen LogP contribution is 2.16. The molecule has 2 rings (SSSR count). The van der Waals surface area contributed by atoms with E-state index < -0.39 is 0 Å². The lowest BCUT2D eigenvalue weighted by molar-refractivity contribution is -0.898. The molecule has 0 saturated carbocycles. The number of likely N-dealkylation sites (tertiary alicyclic amines) is 2. The second-order valence-corrected chi connectivity index (χ2v) is 10.9. The Hall–Kier alpha value is -0.400. The summed E-state index contributed by atoms with van der Waals surface area (Å²) in [6.07, 6.45) is 5.39. The van der Waals surface area contributed by atoms with E-state index in [1.54, 1.807) is 0 Å². The molecule has 2 heterocycles. The number of ether oxygens (including phenoxy) is 8. The molecule has 0 N–H and O–H groups in total. The van der Waals surface area contributed by atoms with Crippen molar-refractivity contribution in [2.24, 2.45) is 0 Å². The average molecular weight is 551 g/mol. The first-order valence-corrected chi connectivity index (χ1v) is 14.9. The lowest BCUT2D eigenvalue weighted by Gasteiger charge is -2.28. The Morgan fingerprint density at radius 1 is 0.316 bits per heavy atom. The molecule has 0 spiro atoms. The first kappa shape index (κ1) is 33.8. The molecule has 2 saturated heterocycles. The van der Waals surface area contributed by atoms with E-state index in [9.17, 15) is 0 Å². The molecule has 0 atom stereocenters. The molecular formula is C28H58N2O8+2. The minimum absolute atomic E-state index is 0.552. The van der Waals surface area contributed by atoms with Crippen molar-refractivity contribution in [2.75, 3.05) is 159 Å². The Morgan fingerprint density at radius 3 is 0.711 bits per heavy atom. The van der Waals surface area contributed by atoms with Gasteiger partial charge in [-0.25, -0.2) is 0 Å². The molecule has 226 valence electrons. The van der Waals surface area contributed by atoms with E-state index in [1.807, 2.05) is 0 Å². The van der Waals surface area contributed by atoms with Crippen LogP contribution in [0.4, 0.5) is 0 Å². The van der Waals surface area contributed by atoms with Crippen molar-refractivity contribution in [1.29, 1.82) is 0 Å². The largest absolute Gasteiger partial charge is 0.377 e. The second-order valence-electron chi connectivity index (χ2n) is 10.9. The van der Waals surface area contributed by atoms with Crippen LogP contribution in [-0.4, -0.2) is 168 Å². The Kier molecular flexibility index (Phi) is 19.8. The van der Waals surface area contributed by atoms with E-state index in [0.717, 1.165) is 35.3 Å². The lowest BCUT2D eigenvalue weighted by atomic mass is 10.4. The van der Waals surface area contributed by atoms with E-state index in [-0.39, 0.29) is 0 Å². The van der Waals surface area contributed by atoms with Crippen LogP contribution < -0.4 is 0 Å². The van der Waals surface area contributed by atoms with E-state index in [4.69, 9.17) is 37.9 Å². The van der Waals surface area contributed by atoms with Crippen LogP contribution in [0.1, 0.15) is 25.7 Å². The van der Waals surface area contributed by atoms with E-state index in [2.05, 4.69) is 14.1 Å². The molecule has 0 amide bonds. The maximum absolute atomic E-state index is 5.69. The van der Waals surface area contributed by atoms with Gasteiger partial charge in [-0.3, -0.25) is 0 Å². The van der Waals surface area contributed by atoms with Crippen LogP contribution in [0.2, 0.25) is 0 Å². The molecular weight excluding hydrogens is 492 g/mol. The van der Waals surface area contributed by atoms with Gasteiger partial charge in [0.2, 0.25) is 0 Å². The number of rotatable bonds is 27. The fraction of sp³-hybridized carbons (Fsp3) is 1.00. The fourth-order valence-corrected chi connectivity index (χ4v) is 4.86. The topological polar surface area (TPSA) is 73.8 Å². The molecule has 0 unspecified atom stereocenters. The number of likely N-dealkylation sites (N-methyl/N-ethyl adjacent to an activating group) is 2. The fourth-order valence-electron chi connectivity index (χ4n) is 4.86. The summed E-state index contributed by atoms with van der Waals surface area (Å²) in [6, 6.07) is 0. The summed E-state index contributed by atoms with van der Waals surface area (Å²) in [6.45, 7) is 17.2. The molecule has 0 aliphatic carbocycles. The Bertz CT molecular complexity index is 485. The molecule has 2 fully saturated rings. The molecule has 2 aliphatic rings. The molecule has 38 heavy (non-hydrogen) atoms. The highest BCUT2D eigenvalue weighted by atomic mass is 16.6. The van der Waals surface area contributed by atoms with Gasteiger partial charge in [0.1, 0.15) is 13.1 Å². The van der Waals surface area contributed by atoms with Crippen molar-refractivity contribution in [1.82, 2.24) is 0 Å². The van der Waals surface area contributed by atoms with Gasteiger partial charge < -0.3 is 46.9 Å². The molecule has 0 aromatic carbocycles. The van der Waals surface area contributed by atoms with Gasteiger partial charge in [-0.05, 0) is 0 Å².